The summed E-state index contributed by atoms with van der Waals surface area (Å²) >= 11 is 0. The second-order valence-electron chi connectivity index (χ2n) is 5.68. The number of H-pyrrole nitrogens is 1. The minimum atomic E-state index is -5.17. The van der Waals surface area contributed by atoms with Gasteiger partial charge in [0.2, 0.25) is 0 Å². The number of benzene rings is 1. The number of imidazole rings is 1. The van der Waals surface area contributed by atoms with Crippen molar-refractivity contribution in [2.24, 2.45) is 0 Å². The fourth-order valence-corrected chi connectivity index (χ4v) is 2.41. The highest BCUT2D eigenvalue weighted by atomic mass is 19.4. The molecule has 0 bridgehead atoms. The van der Waals surface area contributed by atoms with Gasteiger partial charge in [-0.05, 0) is 25.1 Å². The second-order valence-corrected chi connectivity index (χ2v) is 5.68. The van der Waals surface area contributed by atoms with E-state index in [9.17, 15) is 31.1 Å². The monoisotopic (exact) mass is 395 g/mol. The maximum atomic E-state index is 13.3. The molecule has 1 aromatic heterocycles. The van der Waals surface area contributed by atoms with Gasteiger partial charge < -0.3 is 15.0 Å². The molecule has 0 unspecified atom stereocenters. The number of aromatic amines is 1. The van der Waals surface area contributed by atoms with Gasteiger partial charge in [0, 0.05) is 12.2 Å². The van der Waals surface area contributed by atoms with E-state index in [0.717, 1.165) is 4.90 Å². The number of carbonyl (C=O) groups is 1. The van der Waals surface area contributed by atoms with Crippen LogP contribution in [0.3, 0.4) is 0 Å². The standard InChI is InChI=1S/C16H15F6N3O2/c1-9-13(24-8-23-9)7-25(4-5-26)14(27)11-3-2-10(15(17,18)19)6-12(11)16(20,21)22/h2-3,6,8,26H,4-5,7H2,1H3,(H,23,24). The molecule has 0 aliphatic rings. The number of aryl methyl sites for hydroxylation is 1. The normalized spacial score (nSPS) is 12.3. The summed E-state index contributed by atoms with van der Waals surface area (Å²) in [6.07, 6.45) is -8.83. The van der Waals surface area contributed by atoms with Crippen molar-refractivity contribution >= 4 is 5.91 Å². The summed E-state index contributed by atoms with van der Waals surface area (Å²) in [4.78, 5) is 20.2. The van der Waals surface area contributed by atoms with Gasteiger partial charge in [-0.1, -0.05) is 0 Å². The van der Waals surface area contributed by atoms with E-state index in [1.54, 1.807) is 6.92 Å². The molecule has 5 nitrogen and oxygen atoms in total. The van der Waals surface area contributed by atoms with Gasteiger partial charge in [0.25, 0.3) is 5.91 Å². The van der Waals surface area contributed by atoms with Crippen molar-refractivity contribution < 1.29 is 36.2 Å². The van der Waals surface area contributed by atoms with Crippen molar-refractivity contribution in [2.45, 2.75) is 25.8 Å². The Kier molecular flexibility index (Phi) is 5.83. The maximum Gasteiger partial charge on any atom is 0.417 e. The molecule has 27 heavy (non-hydrogen) atoms. The van der Waals surface area contributed by atoms with Gasteiger partial charge in [-0.3, -0.25) is 4.79 Å². The summed E-state index contributed by atoms with van der Waals surface area (Å²) < 4.78 is 78.1. The highest BCUT2D eigenvalue weighted by Crippen LogP contribution is 2.37. The molecule has 148 valence electrons. The van der Waals surface area contributed by atoms with Gasteiger partial charge in [-0.25, -0.2) is 4.98 Å². The quantitative estimate of drug-likeness (QED) is 0.763. The lowest BCUT2D eigenvalue weighted by Gasteiger charge is -2.23. The Bertz CT molecular complexity index is 813. The molecule has 11 heteroatoms. The molecule has 1 amide bonds. The van der Waals surface area contributed by atoms with Gasteiger partial charge in [-0.15, -0.1) is 0 Å². The summed E-state index contributed by atoms with van der Waals surface area (Å²) in [6.45, 7) is 0.552. The summed E-state index contributed by atoms with van der Waals surface area (Å²) in [5.74, 6) is -1.16. The maximum absolute atomic E-state index is 13.3. The SMILES string of the molecule is Cc1[nH]cnc1CN(CCO)C(=O)c1ccc(C(F)(F)F)cc1C(F)(F)F. The van der Waals surface area contributed by atoms with Crippen LogP contribution in [0.1, 0.15) is 32.9 Å². The summed E-state index contributed by atoms with van der Waals surface area (Å²) in [5.41, 5.74) is -3.21. The highest BCUT2D eigenvalue weighted by molar-refractivity contribution is 5.96. The minimum absolute atomic E-state index is 0.0931. The number of amides is 1. The Balaban J connectivity index is 2.46. The Morgan fingerprint density at radius 1 is 1.19 bits per heavy atom. The van der Waals surface area contributed by atoms with Crippen molar-refractivity contribution in [1.29, 1.82) is 0 Å². The zero-order chi connectivity index (χ0) is 20.4. The van der Waals surface area contributed by atoms with E-state index in [4.69, 9.17) is 5.11 Å². The van der Waals surface area contributed by atoms with Crippen LogP contribution in [0.15, 0.2) is 24.5 Å². The summed E-state index contributed by atoms with van der Waals surface area (Å²) in [5, 5.41) is 9.12. The molecule has 1 heterocycles. The number of alkyl halides is 6. The molecule has 0 atom stereocenters. The van der Waals surface area contributed by atoms with Gasteiger partial charge in [0.05, 0.1) is 41.9 Å². The molecule has 2 N–H and O–H groups in total. The number of nitrogens with zero attached hydrogens (tertiary/aromatic N) is 2. The molecule has 0 saturated heterocycles. The zero-order valence-corrected chi connectivity index (χ0v) is 13.9. The number of hydrogen-bond donors (Lipinski definition) is 2. The fraction of sp³-hybridized carbons (Fsp3) is 0.375. The van der Waals surface area contributed by atoms with Crippen LogP contribution in [0, 0.1) is 6.92 Å². The molecule has 2 aromatic rings. The predicted molar refractivity (Wildman–Crippen MR) is 81.6 cm³/mol. The van der Waals surface area contributed by atoms with Crippen molar-refractivity contribution in [2.75, 3.05) is 13.2 Å². The Hall–Kier alpha value is -2.56. The molecular formula is C16H15F6N3O2. The summed E-state index contributed by atoms with van der Waals surface area (Å²) in [6, 6.07) is 0.819. The topological polar surface area (TPSA) is 69.2 Å². The third kappa shape index (κ3) is 4.79. The first-order valence-corrected chi connectivity index (χ1v) is 7.62. The van der Waals surface area contributed by atoms with Gasteiger partial charge >= 0.3 is 12.4 Å². The van der Waals surface area contributed by atoms with Crippen molar-refractivity contribution in [3.63, 3.8) is 0 Å². The molecule has 0 aliphatic carbocycles. The van der Waals surface area contributed by atoms with Crippen LogP contribution in [0.2, 0.25) is 0 Å². The number of halogens is 6. The largest absolute Gasteiger partial charge is 0.417 e. The number of aromatic nitrogens is 2. The van der Waals surface area contributed by atoms with Crippen molar-refractivity contribution in [3.05, 3.63) is 52.6 Å². The van der Waals surface area contributed by atoms with Gasteiger partial charge in [-0.2, -0.15) is 26.3 Å². The Labute approximate surface area is 149 Å². The third-order valence-corrected chi connectivity index (χ3v) is 3.81. The minimum Gasteiger partial charge on any atom is -0.395 e. The van der Waals surface area contributed by atoms with Gasteiger partial charge in [0.1, 0.15) is 0 Å². The second kappa shape index (κ2) is 7.59. The third-order valence-electron chi connectivity index (χ3n) is 3.81. The van der Waals surface area contributed by atoms with Crippen LogP contribution in [0.5, 0.6) is 0 Å². The molecule has 0 aliphatic heterocycles. The van der Waals surface area contributed by atoms with Crippen LogP contribution in [0.25, 0.3) is 0 Å². The first-order valence-electron chi connectivity index (χ1n) is 7.62. The number of aliphatic hydroxyl groups excluding tert-OH is 1. The smallest absolute Gasteiger partial charge is 0.395 e. The fourth-order valence-electron chi connectivity index (χ4n) is 2.41. The van der Waals surface area contributed by atoms with Crippen molar-refractivity contribution in [3.8, 4) is 0 Å². The van der Waals surface area contributed by atoms with E-state index >= 15 is 0 Å². The number of aliphatic hydroxyl groups is 1. The molecule has 1 aromatic carbocycles. The van der Waals surface area contributed by atoms with Crippen LogP contribution >= 0.6 is 0 Å². The molecular weight excluding hydrogens is 380 g/mol. The van der Waals surface area contributed by atoms with Crippen LogP contribution < -0.4 is 0 Å². The lowest BCUT2D eigenvalue weighted by molar-refractivity contribution is -0.143. The van der Waals surface area contributed by atoms with E-state index in [1.807, 2.05) is 0 Å². The van der Waals surface area contributed by atoms with Gasteiger partial charge in [0.15, 0.2) is 0 Å². The number of hydrogen-bond acceptors (Lipinski definition) is 3. The van der Waals surface area contributed by atoms with E-state index in [-0.39, 0.29) is 19.2 Å². The Morgan fingerprint density at radius 2 is 1.85 bits per heavy atom. The number of rotatable bonds is 5. The number of nitrogens with one attached hydrogen (secondary N) is 1. The predicted octanol–water partition coefficient (Wildman–Crippen LogP) is 3.39. The van der Waals surface area contributed by atoms with Crippen LogP contribution in [-0.2, 0) is 18.9 Å². The number of carbonyl (C=O) groups excluding carboxylic acids is 1. The average molecular weight is 395 g/mol. The molecule has 0 fully saturated rings. The highest BCUT2D eigenvalue weighted by Gasteiger charge is 2.40. The first-order chi connectivity index (χ1) is 12.4. The van der Waals surface area contributed by atoms with Crippen molar-refractivity contribution in [1.82, 2.24) is 14.9 Å². The van der Waals surface area contributed by atoms with E-state index in [2.05, 4.69) is 9.97 Å². The Morgan fingerprint density at radius 3 is 2.33 bits per heavy atom. The molecule has 0 spiro atoms. The zero-order valence-electron chi connectivity index (χ0n) is 13.9. The average Bonchev–Trinajstić information content (AvgIpc) is 2.96. The van der Waals surface area contributed by atoms with Crippen LogP contribution in [0.4, 0.5) is 26.3 Å². The summed E-state index contributed by atoms with van der Waals surface area (Å²) in [7, 11) is 0. The van der Waals surface area contributed by atoms with E-state index < -0.39 is 41.6 Å². The first kappa shape index (κ1) is 20.7. The molecule has 2 rings (SSSR count). The van der Waals surface area contributed by atoms with E-state index in [1.165, 1.54) is 6.33 Å². The molecule has 0 radical (unpaired) electrons. The van der Waals surface area contributed by atoms with E-state index in [0.29, 0.717) is 23.5 Å². The lowest BCUT2D eigenvalue weighted by Crippen LogP contribution is -2.35. The van der Waals surface area contributed by atoms with Crippen LogP contribution in [-0.4, -0.2) is 39.0 Å². The molecule has 0 saturated carbocycles. The lowest BCUT2D eigenvalue weighted by atomic mass is 10.0.